The fourth-order valence-corrected chi connectivity index (χ4v) is 1.57. The SMILES string of the molecule is O=c1cc(/C=N/NC(=S)Nc2ccccc2)[nH]c(=O)[nH]1. The van der Waals surface area contributed by atoms with Gasteiger partial charge in [-0.25, -0.2) is 4.79 Å². The Kier molecular flexibility index (Phi) is 4.40. The quantitative estimate of drug-likeness (QED) is 0.372. The molecule has 20 heavy (non-hydrogen) atoms. The van der Waals surface area contributed by atoms with Crippen LogP contribution in [-0.2, 0) is 0 Å². The number of nitrogens with one attached hydrogen (secondary N) is 4. The van der Waals surface area contributed by atoms with Crippen LogP contribution in [0.4, 0.5) is 5.69 Å². The van der Waals surface area contributed by atoms with Crippen LogP contribution in [0, 0.1) is 0 Å². The molecule has 2 aromatic rings. The van der Waals surface area contributed by atoms with Crippen LogP contribution >= 0.6 is 12.2 Å². The van der Waals surface area contributed by atoms with Gasteiger partial charge in [-0.3, -0.25) is 15.2 Å². The molecule has 0 aliphatic rings. The van der Waals surface area contributed by atoms with E-state index in [1.54, 1.807) is 0 Å². The summed E-state index contributed by atoms with van der Waals surface area (Å²) in [7, 11) is 0. The molecular formula is C12H11N5O2S. The van der Waals surface area contributed by atoms with Gasteiger partial charge in [0, 0.05) is 11.8 Å². The average molecular weight is 289 g/mol. The Bertz CT molecular complexity index is 707. The number of anilines is 1. The van der Waals surface area contributed by atoms with Crippen LogP contribution in [0.25, 0.3) is 0 Å². The highest BCUT2D eigenvalue weighted by Crippen LogP contribution is 2.03. The molecule has 0 aliphatic carbocycles. The molecule has 1 aromatic heterocycles. The van der Waals surface area contributed by atoms with Crippen molar-refractivity contribution in [1.29, 1.82) is 0 Å². The first kappa shape index (κ1) is 13.7. The van der Waals surface area contributed by atoms with Gasteiger partial charge in [-0.2, -0.15) is 5.10 Å². The Morgan fingerprint density at radius 1 is 1.20 bits per heavy atom. The van der Waals surface area contributed by atoms with E-state index in [2.05, 4.69) is 25.8 Å². The van der Waals surface area contributed by atoms with Crippen molar-refractivity contribution in [2.75, 3.05) is 5.32 Å². The van der Waals surface area contributed by atoms with Crippen LogP contribution in [0.2, 0.25) is 0 Å². The number of aromatic amines is 2. The van der Waals surface area contributed by atoms with E-state index in [1.807, 2.05) is 30.3 Å². The Balaban J connectivity index is 1.94. The Hall–Kier alpha value is -2.74. The van der Waals surface area contributed by atoms with E-state index in [4.69, 9.17) is 12.2 Å². The number of nitrogens with zero attached hydrogens (tertiary/aromatic N) is 1. The number of hydrogen-bond acceptors (Lipinski definition) is 4. The first-order valence-corrected chi connectivity index (χ1v) is 6.03. The first-order chi connectivity index (χ1) is 9.63. The lowest BCUT2D eigenvalue weighted by Gasteiger charge is -2.05. The zero-order valence-corrected chi connectivity index (χ0v) is 11.0. The molecular weight excluding hydrogens is 278 g/mol. The smallest absolute Gasteiger partial charge is 0.326 e. The molecule has 0 spiro atoms. The van der Waals surface area contributed by atoms with Crippen molar-refractivity contribution in [3.8, 4) is 0 Å². The van der Waals surface area contributed by atoms with E-state index >= 15 is 0 Å². The van der Waals surface area contributed by atoms with Crippen LogP contribution in [0.1, 0.15) is 5.69 Å². The van der Waals surface area contributed by atoms with E-state index in [1.165, 1.54) is 12.3 Å². The van der Waals surface area contributed by atoms with Crippen molar-refractivity contribution < 1.29 is 0 Å². The average Bonchev–Trinajstić information content (AvgIpc) is 2.38. The predicted molar refractivity (Wildman–Crippen MR) is 81.1 cm³/mol. The molecule has 4 N–H and O–H groups in total. The summed E-state index contributed by atoms with van der Waals surface area (Å²) in [4.78, 5) is 26.5. The molecule has 1 aromatic carbocycles. The summed E-state index contributed by atoms with van der Waals surface area (Å²) < 4.78 is 0. The van der Waals surface area contributed by atoms with Gasteiger partial charge in [-0.05, 0) is 24.4 Å². The third kappa shape index (κ3) is 4.18. The van der Waals surface area contributed by atoms with Crippen LogP contribution in [0.15, 0.2) is 51.1 Å². The number of aromatic nitrogens is 2. The predicted octanol–water partition coefficient (Wildman–Crippen LogP) is 0.384. The van der Waals surface area contributed by atoms with Gasteiger partial charge < -0.3 is 10.3 Å². The summed E-state index contributed by atoms with van der Waals surface area (Å²) in [6, 6.07) is 10.5. The molecule has 0 atom stereocenters. The number of para-hydroxylation sites is 1. The Morgan fingerprint density at radius 2 is 1.95 bits per heavy atom. The number of hydrazone groups is 1. The van der Waals surface area contributed by atoms with Gasteiger partial charge in [0.1, 0.15) is 0 Å². The molecule has 0 fully saturated rings. The summed E-state index contributed by atoms with van der Waals surface area (Å²) in [6.45, 7) is 0. The normalized spacial score (nSPS) is 10.4. The zero-order valence-electron chi connectivity index (χ0n) is 10.2. The number of rotatable bonds is 3. The summed E-state index contributed by atoms with van der Waals surface area (Å²) in [5, 5.41) is 7.03. The first-order valence-electron chi connectivity index (χ1n) is 5.62. The lowest BCUT2D eigenvalue weighted by Crippen LogP contribution is -2.25. The molecule has 102 valence electrons. The largest absolute Gasteiger partial charge is 0.331 e. The van der Waals surface area contributed by atoms with Gasteiger partial charge in [0.25, 0.3) is 5.56 Å². The molecule has 7 nitrogen and oxygen atoms in total. The Morgan fingerprint density at radius 3 is 2.65 bits per heavy atom. The fraction of sp³-hybridized carbons (Fsp3) is 0. The van der Waals surface area contributed by atoms with Crippen molar-refractivity contribution in [3.63, 3.8) is 0 Å². The third-order valence-corrected chi connectivity index (χ3v) is 2.38. The molecule has 0 radical (unpaired) electrons. The second kappa shape index (κ2) is 6.43. The van der Waals surface area contributed by atoms with E-state index in [-0.39, 0.29) is 5.69 Å². The third-order valence-electron chi connectivity index (χ3n) is 2.18. The van der Waals surface area contributed by atoms with Crippen molar-refractivity contribution in [2.45, 2.75) is 0 Å². The zero-order chi connectivity index (χ0) is 14.4. The molecule has 8 heteroatoms. The molecule has 0 unspecified atom stereocenters. The van der Waals surface area contributed by atoms with Crippen LogP contribution in [-0.4, -0.2) is 21.3 Å². The highest BCUT2D eigenvalue weighted by molar-refractivity contribution is 7.80. The molecule has 1 heterocycles. The monoisotopic (exact) mass is 289 g/mol. The molecule has 2 rings (SSSR count). The standard InChI is InChI=1S/C12H11N5O2S/c18-10-6-9(14-11(19)16-10)7-13-17-12(20)15-8-4-2-1-3-5-8/h1-7H,(H2,15,17,20)(H2,14,16,18,19)/b13-7+. The second-order valence-electron chi connectivity index (χ2n) is 3.73. The number of hydrogen-bond donors (Lipinski definition) is 4. The maximum Gasteiger partial charge on any atom is 0.326 e. The van der Waals surface area contributed by atoms with Crippen molar-refractivity contribution >= 4 is 29.2 Å². The molecule has 0 saturated carbocycles. The van der Waals surface area contributed by atoms with Gasteiger partial charge in [-0.15, -0.1) is 0 Å². The highest BCUT2D eigenvalue weighted by Gasteiger charge is 1.95. The van der Waals surface area contributed by atoms with Crippen molar-refractivity contribution in [3.05, 3.63) is 62.9 Å². The topological polar surface area (TPSA) is 102 Å². The minimum Gasteiger partial charge on any atom is -0.331 e. The number of thiocarbonyl (C=S) groups is 1. The van der Waals surface area contributed by atoms with E-state index in [9.17, 15) is 9.59 Å². The Labute approximate surface area is 118 Å². The van der Waals surface area contributed by atoms with Gasteiger partial charge in [-0.1, -0.05) is 18.2 Å². The van der Waals surface area contributed by atoms with Crippen LogP contribution in [0.5, 0.6) is 0 Å². The maximum absolute atomic E-state index is 11.1. The lowest BCUT2D eigenvalue weighted by atomic mass is 10.3. The fourth-order valence-electron chi connectivity index (χ4n) is 1.40. The summed E-state index contributed by atoms with van der Waals surface area (Å²) in [5.41, 5.74) is 2.58. The van der Waals surface area contributed by atoms with Gasteiger partial charge in [0.2, 0.25) is 0 Å². The molecule has 0 saturated heterocycles. The van der Waals surface area contributed by atoms with E-state index < -0.39 is 11.2 Å². The van der Waals surface area contributed by atoms with Crippen molar-refractivity contribution in [1.82, 2.24) is 15.4 Å². The molecule has 0 amide bonds. The molecule has 0 bridgehead atoms. The highest BCUT2D eigenvalue weighted by atomic mass is 32.1. The van der Waals surface area contributed by atoms with E-state index in [0.29, 0.717) is 5.11 Å². The second-order valence-corrected chi connectivity index (χ2v) is 4.14. The van der Waals surface area contributed by atoms with Crippen LogP contribution < -0.4 is 22.0 Å². The summed E-state index contributed by atoms with van der Waals surface area (Å²) in [6.07, 6.45) is 1.29. The maximum atomic E-state index is 11.1. The van der Waals surface area contributed by atoms with Gasteiger partial charge in [0.15, 0.2) is 5.11 Å². The van der Waals surface area contributed by atoms with Crippen LogP contribution in [0.3, 0.4) is 0 Å². The summed E-state index contributed by atoms with van der Waals surface area (Å²) in [5.74, 6) is 0. The summed E-state index contributed by atoms with van der Waals surface area (Å²) >= 11 is 5.03. The lowest BCUT2D eigenvalue weighted by molar-refractivity contribution is 1.01. The van der Waals surface area contributed by atoms with Crippen molar-refractivity contribution in [2.24, 2.45) is 5.10 Å². The number of H-pyrrole nitrogens is 2. The minimum absolute atomic E-state index is 0.272. The minimum atomic E-state index is -0.594. The van der Waals surface area contributed by atoms with E-state index in [0.717, 1.165) is 5.69 Å². The number of benzene rings is 1. The van der Waals surface area contributed by atoms with Gasteiger partial charge >= 0.3 is 5.69 Å². The molecule has 0 aliphatic heterocycles. The van der Waals surface area contributed by atoms with Gasteiger partial charge in [0.05, 0.1) is 11.9 Å².